The number of anilines is 1. The molecule has 3 rings (SSSR count). The maximum absolute atomic E-state index is 12.5. The van der Waals surface area contributed by atoms with Gasteiger partial charge in [0, 0.05) is 25.2 Å². The maximum Gasteiger partial charge on any atom is 0.248 e. The molecule has 1 aliphatic heterocycles. The molecule has 0 spiro atoms. The monoisotopic (exact) mass is 330 g/mol. The second-order valence-electron chi connectivity index (χ2n) is 6.74. The van der Waals surface area contributed by atoms with Crippen LogP contribution in [-0.2, 0) is 20.7 Å². The van der Waals surface area contributed by atoms with Crippen molar-refractivity contribution in [2.24, 2.45) is 5.92 Å². The SMILES string of the molecule is CC(OCC1CC1)C(=O)NCCC(=O)N1CCCc2ccccc21. The van der Waals surface area contributed by atoms with Gasteiger partial charge in [-0.15, -0.1) is 0 Å². The Balaban J connectivity index is 1.43. The highest BCUT2D eigenvalue weighted by Crippen LogP contribution is 2.29. The van der Waals surface area contributed by atoms with Crippen molar-refractivity contribution in [1.29, 1.82) is 0 Å². The van der Waals surface area contributed by atoms with E-state index in [0.717, 1.165) is 25.1 Å². The van der Waals surface area contributed by atoms with Crippen molar-refractivity contribution in [3.05, 3.63) is 29.8 Å². The molecule has 0 saturated heterocycles. The van der Waals surface area contributed by atoms with E-state index in [2.05, 4.69) is 11.4 Å². The van der Waals surface area contributed by atoms with Gasteiger partial charge in [-0.05, 0) is 50.2 Å². The zero-order chi connectivity index (χ0) is 16.9. The molecule has 1 fully saturated rings. The first-order valence-electron chi connectivity index (χ1n) is 8.92. The zero-order valence-corrected chi connectivity index (χ0v) is 14.3. The lowest BCUT2D eigenvalue weighted by Gasteiger charge is -2.29. The van der Waals surface area contributed by atoms with E-state index in [1.54, 1.807) is 6.92 Å². The minimum atomic E-state index is -0.448. The van der Waals surface area contributed by atoms with E-state index >= 15 is 0 Å². The second-order valence-corrected chi connectivity index (χ2v) is 6.74. The van der Waals surface area contributed by atoms with Crippen LogP contribution in [0.25, 0.3) is 0 Å². The van der Waals surface area contributed by atoms with E-state index < -0.39 is 6.10 Å². The summed E-state index contributed by atoms with van der Waals surface area (Å²) in [4.78, 5) is 26.3. The Labute approximate surface area is 143 Å². The highest BCUT2D eigenvalue weighted by molar-refractivity contribution is 5.95. The average Bonchev–Trinajstić information content (AvgIpc) is 3.43. The summed E-state index contributed by atoms with van der Waals surface area (Å²) in [6, 6.07) is 8.05. The van der Waals surface area contributed by atoms with Crippen molar-refractivity contribution in [2.45, 2.75) is 45.1 Å². The molecular formula is C19H26N2O3. The predicted octanol–water partition coefficient (Wildman–Crippen LogP) is 2.29. The summed E-state index contributed by atoms with van der Waals surface area (Å²) in [7, 11) is 0. The Hall–Kier alpha value is -1.88. The van der Waals surface area contributed by atoms with E-state index in [0.29, 0.717) is 25.5 Å². The molecular weight excluding hydrogens is 304 g/mol. The number of fused-ring (bicyclic) bond motifs is 1. The number of hydrogen-bond acceptors (Lipinski definition) is 3. The molecule has 5 heteroatoms. The number of benzene rings is 1. The fraction of sp³-hybridized carbons (Fsp3) is 0.579. The lowest BCUT2D eigenvalue weighted by atomic mass is 10.0. The summed E-state index contributed by atoms with van der Waals surface area (Å²) in [6.07, 6.45) is 4.29. The van der Waals surface area contributed by atoms with E-state index in [4.69, 9.17) is 4.74 Å². The summed E-state index contributed by atoms with van der Waals surface area (Å²) < 4.78 is 5.54. The number of nitrogens with zero attached hydrogens (tertiary/aromatic N) is 1. The van der Waals surface area contributed by atoms with Crippen molar-refractivity contribution in [3.8, 4) is 0 Å². The molecule has 1 saturated carbocycles. The molecule has 0 bridgehead atoms. The fourth-order valence-corrected chi connectivity index (χ4v) is 3.00. The van der Waals surface area contributed by atoms with Crippen LogP contribution in [0.2, 0.25) is 0 Å². The van der Waals surface area contributed by atoms with E-state index in [1.165, 1.54) is 18.4 Å². The molecule has 1 aliphatic carbocycles. The molecule has 1 atom stereocenters. The quantitative estimate of drug-likeness (QED) is 0.834. The van der Waals surface area contributed by atoms with Gasteiger partial charge in [0.2, 0.25) is 11.8 Å². The van der Waals surface area contributed by atoms with E-state index in [-0.39, 0.29) is 11.8 Å². The zero-order valence-electron chi connectivity index (χ0n) is 14.3. The fourth-order valence-electron chi connectivity index (χ4n) is 3.00. The normalized spacial score (nSPS) is 18.0. The minimum absolute atomic E-state index is 0.0639. The van der Waals surface area contributed by atoms with Crippen LogP contribution in [0.1, 0.15) is 38.2 Å². The lowest BCUT2D eigenvalue weighted by molar-refractivity contribution is -0.132. The van der Waals surface area contributed by atoms with Crippen molar-refractivity contribution >= 4 is 17.5 Å². The summed E-state index contributed by atoms with van der Waals surface area (Å²) in [5, 5.41) is 2.81. The van der Waals surface area contributed by atoms with Gasteiger partial charge >= 0.3 is 0 Å². The third kappa shape index (κ3) is 4.35. The first kappa shape index (κ1) is 17.0. The molecule has 24 heavy (non-hydrogen) atoms. The van der Waals surface area contributed by atoms with Crippen LogP contribution < -0.4 is 10.2 Å². The van der Waals surface area contributed by atoms with Gasteiger partial charge in [0.25, 0.3) is 0 Å². The van der Waals surface area contributed by atoms with Crippen molar-refractivity contribution < 1.29 is 14.3 Å². The predicted molar refractivity (Wildman–Crippen MR) is 92.9 cm³/mol. The van der Waals surface area contributed by atoms with Gasteiger partial charge in [-0.25, -0.2) is 0 Å². The van der Waals surface area contributed by atoms with Crippen LogP contribution in [0, 0.1) is 5.92 Å². The number of aryl methyl sites for hydroxylation is 1. The minimum Gasteiger partial charge on any atom is -0.368 e. The Morgan fingerprint density at radius 1 is 1.33 bits per heavy atom. The molecule has 1 aromatic rings. The van der Waals surface area contributed by atoms with Crippen molar-refractivity contribution in [2.75, 3.05) is 24.6 Å². The van der Waals surface area contributed by atoms with Gasteiger partial charge in [0.1, 0.15) is 6.10 Å². The number of ether oxygens (including phenoxy) is 1. The van der Waals surface area contributed by atoms with Crippen LogP contribution in [0.5, 0.6) is 0 Å². The number of carbonyl (C=O) groups is 2. The van der Waals surface area contributed by atoms with Gasteiger partial charge in [-0.2, -0.15) is 0 Å². The van der Waals surface area contributed by atoms with Crippen molar-refractivity contribution in [1.82, 2.24) is 5.32 Å². The van der Waals surface area contributed by atoms with E-state index in [1.807, 2.05) is 23.1 Å². The smallest absolute Gasteiger partial charge is 0.248 e. The molecule has 5 nitrogen and oxygen atoms in total. The van der Waals surface area contributed by atoms with Crippen LogP contribution >= 0.6 is 0 Å². The van der Waals surface area contributed by atoms with Gasteiger partial charge in [0.05, 0.1) is 6.61 Å². The van der Waals surface area contributed by atoms with Crippen LogP contribution in [0.4, 0.5) is 5.69 Å². The number of hydrogen-bond donors (Lipinski definition) is 1. The standard InChI is InChI=1S/C19H26N2O3/c1-14(24-13-15-8-9-15)19(23)20-11-10-18(22)21-12-4-6-16-5-2-3-7-17(16)21/h2-3,5,7,14-15H,4,6,8-13H2,1H3,(H,20,23). The summed E-state index contributed by atoms with van der Waals surface area (Å²) in [5.74, 6) is 0.567. The molecule has 1 aromatic carbocycles. The Kier molecular flexibility index (Phi) is 5.51. The van der Waals surface area contributed by atoms with Crippen LogP contribution in [-0.4, -0.2) is 37.6 Å². The second kappa shape index (κ2) is 7.79. The largest absolute Gasteiger partial charge is 0.368 e. The number of nitrogens with one attached hydrogen (secondary N) is 1. The van der Waals surface area contributed by atoms with Crippen LogP contribution in [0.15, 0.2) is 24.3 Å². The van der Waals surface area contributed by atoms with Gasteiger partial charge < -0.3 is 15.0 Å². The first-order chi connectivity index (χ1) is 11.6. The molecule has 1 heterocycles. The Morgan fingerprint density at radius 3 is 2.92 bits per heavy atom. The molecule has 1 unspecified atom stereocenters. The molecule has 2 aliphatic rings. The summed E-state index contributed by atoms with van der Waals surface area (Å²) in [5.41, 5.74) is 2.24. The molecule has 0 radical (unpaired) electrons. The van der Waals surface area contributed by atoms with E-state index in [9.17, 15) is 9.59 Å². The number of amides is 2. The van der Waals surface area contributed by atoms with Crippen LogP contribution in [0.3, 0.4) is 0 Å². The topological polar surface area (TPSA) is 58.6 Å². The Morgan fingerprint density at radius 2 is 2.12 bits per heavy atom. The number of carbonyl (C=O) groups excluding carboxylic acids is 2. The van der Waals surface area contributed by atoms with Crippen molar-refractivity contribution in [3.63, 3.8) is 0 Å². The maximum atomic E-state index is 12.5. The average molecular weight is 330 g/mol. The Bertz CT molecular complexity index is 598. The third-order valence-electron chi connectivity index (χ3n) is 4.70. The number of rotatable bonds is 7. The number of para-hydroxylation sites is 1. The summed E-state index contributed by atoms with van der Waals surface area (Å²) in [6.45, 7) is 3.54. The van der Waals surface area contributed by atoms with Gasteiger partial charge in [-0.1, -0.05) is 18.2 Å². The molecule has 130 valence electrons. The highest BCUT2D eigenvalue weighted by atomic mass is 16.5. The van der Waals surface area contributed by atoms with Gasteiger partial charge in [-0.3, -0.25) is 9.59 Å². The molecule has 2 amide bonds. The van der Waals surface area contributed by atoms with Gasteiger partial charge in [0.15, 0.2) is 0 Å². The first-order valence-corrected chi connectivity index (χ1v) is 8.92. The summed E-state index contributed by atoms with van der Waals surface area (Å²) >= 11 is 0. The molecule has 0 aromatic heterocycles. The highest BCUT2D eigenvalue weighted by Gasteiger charge is 2.24. The third-order valence-corrected chi connectivity index (χ3v) is 4.70. The molecule has 1 N–H and O–H groups in total. The lowest BCUT2D eigenvalue weighted by Crippen LogP contribution is -2.40.